The van der Waals surface area contributed by atoms with Crippen molar-refractivity contribution in [1.82, 2.24) is 15.1 Å². The number of nitrogens with zero attached hydrogens (tertiary/aromatic N) is 2. The molecule has 102 valence electrons. The molecule has 4 nitrogen and oxygen atoms in total. The van der Waals surface area contributed by atoms with E-state index in [-0.39, 0.29) is 11.9 Å². The number of nitrogens with one attached hydrogen (secondary N) is 1. The van der Waals surface area contributed by atoms with E-state index in [9.17, 15) is 4.79 Å². The van der Waals surface area contributed by atoms with Crippen molar-refractivity contribution in [3.63, 3.8) is 0 Å². The van der Waals surface area contributed by atoms with Crippen LogP contribution in [0.3, 0.4) is 0 Å². The van der Waals surface area contributed by atoms with Crippen molar-refractivity contribution < 1.29 is 4.79 Å². The van der Waals surface area contributed by atoms with Gasteiger partial charge in [-0.25, -0.2) is 0 Å². The molecule has 19 heavy (non-hydrogen) atoms. The van der Waals surface area contributed by atoms with E-state index < -0.39 is 0 Å². The van der Waals surface area contributed by atoms with E-state index in [0.29, 0.717) is 16.4 Å². The van der Waals surface area contributed by atoms with Gasteiger partial charge in [0.05, 0.1) is 16.8 Å². The van der Waals surface area contributed by atoms with Crippen molar-refractivity contribution in [2.75, 3.05) is 0 Å². The molecule has 0 aliphatic rings. The van der Waals surface area contributed by atoms with Crippen LogP contribution in [0.1, 0.15) is 40.4 Å². The van der Waals surface area contributed by atoms with Gasteiger partial charge in [-0.3, -0.25) is 9.48 Å². The van der Waals surface area contributed by atoms with Gasteiger partial charge in [0, 0.05) is 11.9 Å². The molecule has 1 atom stereocenters. The Morgan fingerprint density at radius 3 is 2.84 bits per heavy atom. The van der Waals surface area contributed by atoms with Crippen molar-refractivity contribution in [3.8, 4) is 0 Å². The first-order valence-electron chi connectivity index (χ1n) is 6.08. The molecule has 0 saturated heterocycles. The highest BCUT2D eigenvalue weighted by molar-refractivity contribution is 7.10. The molecule has 6 heteroatoms. The average Bonchev–Trinajstić information content (AvgIpc) is 2.96. The fourth-order valence-corrected chi connectivity index (χ4v) is 3.08. The third-order valence-corrected chi connectivity index (χ3v) is 4.40. The zero-order valence-electron chi connectivity index (χ0n) is 11.1. The van der Waals surface area contributed by atoms with Gasteiger partial charge in [0.1, 0.15) is 5.69 Å². The minimum absolute atomic E-state index is 0.0128. The summed E-state index contributed by atoms with van der Waals surface area (Å²) in [5.41, 5.74) is 1.08. The van der Waals surface area contributed by atoms with Crippen molar-refractivity contribution in [2.45, 2.75) is 26.3 Å². The molecular formula is C13H16ClN3OS. The second-order valence-corrected chi connectivity index (χ2v) is 5.68. The number of carbonyl (C=O) groups is 1. The fraction of sp³-hybridized carbons (Fsp3) is 0.385. The Morgan fingerprint density at radius 1 is 1.63 bits per heavy atom. The molecule has 0 aliphatic heterocycles. The molecule has 2 rings (SSSR count). The van der Waals surface area contributed by atoms with Gasteiger partial charge in [-0.2, -0.15) is 5.10 Å². The Kier molecular flexibility index (Phi) is 4.27. The largest absolute Gasteiger partial charge is 0.343 e. The van der Waals surface area contributed by atoms with Crippen molar-refractivity contribution in [1.29, 1.82) is 0 Å². The minimum Gasteiger partial charge on any atom is -0.343 e. The van der Waals surface area contributed by atoms with E-state index in [1.54, 1.807) is 25.3 Å². The Balaban J connectivity index is 2.21. The lowest BCUT2D eigenvalue weighted by atomic mass is 10.2. The number of carbonyl (C=O) groups excluding carboxylic acids is 1. The number of aromatic nitrogens is 2. The predicted octanol–water partition coefficient (Wildman–Crippen LogP) is 3.32. The number of hydrogen-bond acceptors (Lipinski definition) is 3. The lowest BCUT2D eigenvalue weighted by Crippen LogP contribution is -2.29. The van der Waals surface area contributed by atoms with Crippen LogP contribution in [0.25, 0.3) is 0 Å². The number of amides is 1. The van der Waals surface area contributed by atoms with Crippen LogP contribution in [-0.4, -0.2) is 15.7 Å². The van der Waals surface area contributed by atoms with Crippen LogP contribution in [0.5, 0.6) is 0 Å². The molecule has 2 aromatic heterocycles. The number of rotatable bonds is 4. The Hall–Kier alpha value is -1.33. The minimum atomic E-state index is -0.187. The van der Waals surface area contributed by atoms with Crippen molar-refractivity contribution >= 4 is 28.8 Å². The highest BCUT2D eigenvalue weighted by Gasteiger charge is 2.21. The predicted molar refractivity (Wildman–Crippen MR) is 77.8 cm³/mol. The van der Waals surface area contributed by atoms with Crippen LogP contribution >= 0.6 is 22.9 Å². The summed E-state index contributed by atoms with van der Waals surface area (Å²) in [7, 11) is 1.72. The molecule has 0 fully saturated rings. The maximum atomic E-state index is 12.3. The van der Waals surface area contributed by atoms with Crippen LogP contribution in [0, 0.1) is 6.92 Å². The molecule has 0 aromatic carbocycles. The van der Waals surface area contributed by atoms with Crippen molar-refractivity contribution in [3.05, 3.63) is 38.8 Å². The number of hydrogen-bond donors (Lipinski definition) is 1. The highest BCUT2D eigenvalue weighted by Crippen LogP contribution is 2.24. The van der Waals surface area contributed by atoms with Gasteiger partial charge in [-0.1, -0.05) is 24.6 Å². The van der Waals surface area contributed by atoms with Crippen LogP contribution in [-0.2, 0) is 7.05 Å². The zero-order chi connectivity index (χ0) is 14.0. The number of halogens is 1. The maximum Gasteiger partial charge on any atom is 0.271 e. The van der Waals surface area contributed by atoms with Gasteiger partial charge in [-0.15, -0.1) is 11.3 Å². The fourth-order valence-electron chi connectivity index (χ4n) is 1.97. The van der Waals surface area contributed by atoms with E-state index in [1.807, 2.05) is 24.4 Å². The van der Waals surface area contributed by atoms with Gasteiger partial charge in [0.2, 0.25) is 0 Å². The third-order valence-electron chi connectivity index (χ3n) is 2.96. The molecule has 0 radical (unpaired) electrons. The first kappa shape index (κ1) is 14.1. The number of thiophene rings is 1. The summed E-state index contributed by atoms with van der Waals surface area (Å²) in [6.45, 7) is 3.83. The van der Waals surface area contributed by atoms with Gasteiger partial charge in [-0.05, 0) is 24.8 Å². The molecule has 0 unspecified atom stereocenters. The quantitative estimate of drug-likeness (QED) is 0.941. The summed E-state index contributed by atoms with van der Waals surface area (Å²) in [5.74, 6) is -0.187. The second-order valence-electron chi connectivity index (χ2n) is 4.32. The molecule has 1 N–H and O–H groups in total. The molecular weight excluding hydrogens is 282 g/mol. The smallest absolute Gasteiger partial charge is 0.271 e. The van der Waals surface area contributed by atoms with Crippen LogP contribution in [0.15, 0.2) is 17.5 Å². The molecule has 0 spiro atoms. The van der Waals surface area contributed by atoms with Gasteiger partial charge in [0.25, 0.3) is 5.91 Å². The van der Waals surface area contributed by atoms with Gasteiger partial charge >= 0.3 is 0 Å². The topological polar surface area (TPSA) is 46.9 Å². The molecule has 0 aliphatic carbocycles. The average molecular weight is 298 g/mol. The summed E-state index contributed by atoms with van der Waals surface area (Å²) in [4.78, 5) is 13.5. The third kappa shape index (κ3) is 2.82. The summed E-state index contributed by atoms with van der Waals surface area (Å²) >= 11 is 7.76. The van der Waals surface area contributed by atoms with Crippen LogP contribution in [0.4, 0.5) is 0 Å². The first-order chi connectivity index (χ1) is 9.04. The standard InChI is InChI=1S/C13H16ClN3OS/c1-4-9(10-6-5-7-19-10)15-13(18)12-11(14)8(2)16-17(12)3/h5-7,9H,4H2,1-3H3,(H,15,18)/t9-/m1/s1. The summed E-state index contributed by atoms with van der Waals surface area (Å²) in [5, 5.41) is 9.58. The Morgan fingerprint density at radius 2 is 2.37 bits per heavy atom. The SMILES string of the molecule is CC[C@@H](NC(=O)c1c(Cl)c(C)nn1C)c1cccs1. The number of aryl methyl sites for hydroxylation is 2. The molecule has 2 aromatic rings. The van der Waals surface area contributed by atoms with Crippen molar-refractivity contribution in [2.24, 2.45) is 7.05 Å². The van der Waals surface area contributed by atoms with Crippen LogP contribution in [0.2, 0.25) is 5.02 Å². The second kappa shape index (κ2) is 5.75. The molecule has 0 saturated carbocycles. The monoisotopic (exact) mass is 297 g/mol. The normalized spacial score (nSPS) is 12.4. The molecule has 0 bridgehead atoms. The lowest BCUT2D eigenvalue weighted by Gasteiger charge is -2.15. The van der Waals surface area contributed by atoms with Gasteiger partial charge < -0.3 is 5.32 Å². The summed E-state index contributed by atoms with van der Waals surface area (Å²) < 4.78 is 1.52. The lowest BCUT2D eigenvalue weighted by molar-refractivity contribution is 0.0927. The molecule has 1 amide bonds. The Labute approximate surface area is 121 Å². The van der Waals surface area contributed by atoms with Gasteiger partial charge in [0.15, 0.2) is 0 Å². The van der Waals surface area contributed by atoms with Crippen LogP contribution < -0.4 is 5.32 Å². The summed E-state index contributed by atoms with van der Waals surface area (Å²) in [6.07, 6.45) is 0.834. The first-order valence-corrected chi connectivity index (χ1v) is 7.33. The van der Waals surface area contributed by atoms with E-state index in [4.69, 9.17) is 11.6 Å². The highest BCUT2D eigenvalue weighted by atomic mass is 35.5. The van der Waals surface area contributed by atoms with E-state index >= 15 is 0 Å². The summed E-state index contributed by atoms with van der Waals surface area (Å²) in [6, 6.07) is 4.02. The van der Waals surface area contributed by atoms with E-state index in [0.717, 1.165) is 11.3 Å². The maximum absolute atomic E-state index is 12.3. The zero-order valence-corrected chi connectivity index (χ0v) is 12.7. The molecule has 2 heterocycles. The van der Waals surface area contributed by atoms with E-state index in [2.05, 4.69) is 10.4 Å². The Bertz CT molecular complexity index is 577. The van der Waals surface area contributed by atoms with E-state index in [1.165, 1.54) is 4.68 Å².